The maximum Gasteiger partial charge on any atom is 0.338 e. The summed E-state index contributed by atoms with van der Waals surface area (Å²) in [7, 11) is 0. The topological polar surface area (TPSA) is 76.7 Å². The van der Waals surface area contributed by atoms with Crippen LogP contribution in [-0.4, -0.2) is 18.6 Å². The smallest absolute Gasteiger partial charge is 0.338 e. The van der Waals surface area contributed by atoms with Gasteiger partial charge in [-0.1, -0.05) is 18.2 Å². The predicted octanol–water partition coefficient (Wildman–Crippen LogP) is 5.30. The van der Waals surface area contributed by atoms with Gasteiger partial charge in [0.25, 0.3) is 0 Å². The molecule has 3 aromatic carbocycles. The van der Waals surface area contributed by atoms with Crippen LogP contribution in [0, 0.1) is 0 Å². The van der Waals surface area contributed by atoms with Crippen LogP contribution < -0.4 is 15.4 Å². The lowest BCUT2D eigenvalue weighted by atomic mass is 10.2. The number of nitrogens with one attached hydrogen (secondary N) is 2. The number of benzene rings is 3. The van der Waals surface area contributed by atoms with Gasteiger partial charge in [-0.2, -0.15) is 0 Å². The Balaban J connectivity index is 1.54. The van der Waals surface area contributed by atoms with Gasteiger partial charge in [-0.15, -0.1) is 0 Å². The van der Waals surface area contributed by atoms with Crippen LogP contribution in [0.1, 0.15) is 17.3 Å². The van der Waals surface area contributed by atoms with Gasteiger partial charge >= 0.3 is 12.0 Å². The van der Waals surface area contributed by atoms with Crippen LogP contribution in [0.25, 0.3) is 0 Å². The highest BCUT2D eigenvalue weighted by molar-refractivity contribution is 6.00. The SMILES string of the molecule is CCOC(=O)c1ccc(NC(=O)Nc2ccc(Oc3ccccc3)cc2)cc1. The van der Waals surface area contributed by atoms with Gasteiger partial charge in [0.05, 0.1) is 12.2 Å². The molecule has 28 heavy (non-hydrogen) atoms. The van der Waals surface area contributed by atoms with Crippen molar-refractivity contribution in [2.75, 3.05) is 17.2 Å². The Kier molecular flexibility index (Phi) is 6.25. The van der Waals surface area contributed by atoms with E-state index >= 15 is 0 Å². The largest absolute Gasteiger partial charge is 0.462 e. The summed E-state index contributed by atoms with van der Waals surface area (Å²) in [5.74, 6) is 1.02. The van der Waals surface area contributed by atoms with Crippen molar-refractivity contribution in [3.05, 3.63) is 84.4 Å². The Morgan fingerprint density at radius 3 is 1.86 bits per heavy atom. The third-order valence-corrected chi connectivity index (χ3v) is 3.74. The zero-order valence-corrected chi connectivity index (χ0v) is 15.3. The molecule has 0 aliphatic heterocycles. The van der Waals surface area contributed by atoms with Crippen molar-refractivity contribution in [1.82, 2.24) is 0 Å². The summed E-state index contributed by atoms with van der Waals surface area (Å²) in [6.07, 6.45) is 0. The molecule has 0 radical (unpaired) electrons. The fraction of sp³-hybridized carbons (Fsp3) is 0.0909. The van der Waals surface area contributed by atoms with Gasteiger partial charge < -0.3 is 20.1 Å². The summed E-state index contributed by atoms with van der Waals surface area (Å²) < 4.78 is 10.6. The second kappa shape index (κ2) is 9.23. The molecule has 0 heterocycles. The van der Waals surface area contributed by atoms with Crippen molar-refractivity contribution in [2.24, 2.45) is 0 Å². The van der Waals surface area contributed by atoms with E-state index in [9.17, 15) is 9.59 Å². The van der Waals surface area contributed by atoms with Crippen molar-refractivity contribution in [3.8, 4) is 11.5 Å². The normalized spacial score (nSPS) is 10.0. The van der Waals surface area contributed by atoms with Gasteiger partial charge in [-0.05, 0) is 67.6 Å². The molecule has 0 fully saturated rings. The molecule has 142 valence electrons. The van der Waals surface area contributed by atoms with Crippen LogP contribution >= 0.6 is 0 Å². The van der Waals surface area contributed by atoms with E-state index in [1.54, 1.807) is 55.5 Å². The third-order valence-electron chi connectivity index (χ3n) is 3.74. The van der Waals surface area contributed by atoms with Gasteiger partial charge in [0.15, 0.2) is 0 Å². The van der Waals surface area contributed by atoms with E-state index in [0.717, 1.165) is 5.75 Å². The first-order chi connectivity index (χ1) is 13.6. The lowest BCUT2D eigenvalue weighted by Crippen LogP contribution is -2.19. The first-order valence-corrected chi connectivity index (χ1v) is 8.82. The van der Waals surface area contributed by atoms with Gasteiger partial charge in [-0.25, -0.2) is 9.59 Å². The number of ether oxygens (including phenoxy) is 2. The number of anilines is 2. The van der Waals surface area contributed by atoms with Crippen LogP contribution in [0.5, 0.6) is 11.5 Å². The molecule has 0 aromatic heterocycles. The minimum absolute atomic E-state index is 0.316. The molecule has 0 unspecified atom stereocenters. The number of rotatable bonds is 6. The summed E-state index contributed by atoms with van der Waals surface area (Å²) in [6, 6.07) is 22.6. The van der Waals surface area contributed by atoms with Crippen molar-refractivity contribution < 1.29 is 19.1 Å². The van der Waals surface area contributed by atoms with E-state index in [1.165, 1.54) is 0 Å². The number of esters is 1. The Morgan fingerprint density at radius 1 is 0.750 bits per heavy atom. The maximum absolute atomic E-state index is 12.1. The summed E-state index contributed by atoms with van der Waals surface area (Å²) in [4.78, 5) is 23.8. The van der Waals surface area contributed by atoms with Crippen molar-refractivity contribution in [2.45, 2.75) is 6.92 Å². The monoisotopic (exact) mass is 376 g/mol. The Morgan fingerprint density at radius 2 is 1.29 bits per heavy atom. The number of carbonyl (C=O) groups excluding carboxylic acids is 2. The van der Waals surface area contributed by atoms with Crippen LogP contribution in [0.2, 0.25) is 0 Å². The zero-order valence-electron chi connectivity index (χ0n) is 15.3. The molecule has 0 aliphatic carbocycles. The molecule has 0 atom stereocenters. The molecule has 0 bridgehead atoms. The van der Waals surface area contributed by atoms with E-state index in [-0.39, 0.29) is 6.03 Å². The minimum atomic E-state index is -0.392. The van der Waals surface area contributed by atoms with E-state index in [1.807, 2.05) is 30.3 Å². The molecular weight excluding hydrogens is 356 g/mol. The van der Waals surface area contributed by atoms with Crippen molar-refractivity contribution >= 4 is 23.4 Å². The third kappa shape index (κ3) is 5.35. The molecule has 6 heteroatoms. The Labute approximate surface area is 163 Å². The molecule has 0 aliphatic rings. The highest BCUT2D eigenvalue weighted by Crippen LogP contribution is 2.22. The average Bonchev–Trinajstić information content (AvgIpc) is 2.71. The van der Waals surface area contributed by atoms with E-state index in [2.05, 4.69) is 10.6 Å². The molecule has 0 spiro atoms. The lowest BCUT2D eigenvalue weighted by molar-refractivity contribution is 0.0526. The molecule has 0 saturated carbocycles. The van der Waals surface area contributed by atoms with Gasteiger partial charge in [-0.3, -0.25) is 0 Å². The molecule has 2 N–H and O–H groups in total. The zero-order chi connectivity index (χ0) is 19.8. The van der Waals surface area contributed by atoms with E-state index in [4.69, 9.17) is 9.47 Å². The number of carbonyl (C=O) groups is 2. The van der Waals surface area contributed by atoms with Crippen LogP contribution in [0.4, 0.5) is 16.2 Å². The number of hydrogen-bond acceptors (Lipinski definition) is 4. The summed E-state index contributed by atoms with van der Waals surface area (Å²) >= 11 is 0. The molecular formula is C22H20N2O4. The maximum atomic E-state index is 12.1. The van der Waals surface area contributed by atoms with Crippen LogP contribution in [-0.2, 0) is 4.74 Å². The molecule has 6 nitrogen and oxygen atoms in total. The number of urea groups is 1. The standard InChI is InChI=1S/C22H20N2O4/c1-2-27-21(25)16-8-10-17(11-9-16)23-22(26)24-18-12-14-20(15-13-18)28-19-6-4-3-5-7-19/h3-15H,2H2,1H3,(H2,23,24,26). The van der Waals surface area contributed by atoms with Gasteiger partial charge in [0.1, 0.15) is 11.5 Å². The number of hydrogen-bond donors (Lipinski definition) is 2. The lowest BCUT2D eigenvalue weighted by Gasteiger charge is -2.10. The highest BCUT2D eigenvalue weighted by Gasteiger charge is 2.07. The van der Waals surface area contributed by atoms with Crippen LogP contribution in [0.15, 0.2) is 78.9 Å². The number of para-hydroxylation sites is 1. The molecule has 3 rings (SSSR count). The molecule has 0 saturated heterocycles. The van der Waals surface area contributed by atoms with Crippen LogP contribution in [0.3, 0.4) is 0 Å². The second-order valence-electron chi connectivity index (χ2n) is 5.82. The first kappa shape index (κ1) is 19.0. The van der Waals surface area contributed by atoms with Crippen molar-refractivity contribution in [3.63, 3.8) is 0 Å². The second-order valence-corrected chi connectivity index (χ2v) is 5.82. The van der Waals surface area contributed by atoms with E-state index < -0.39 is 5.97 Å². The van der Waals surface area contributed by atoms with Gasteiger partial charge in [0, 0.05) is 11.4 Å². The molecule has 3 aromatic rings. The summed E-state index contributed by atoms with van der Waals surface area (Å²) in [6.45, 7) is 2.06. The Bertz CT molecular complexity index is 923. The number of amides is 2. The first-order valence-electron chi connectivity index (χ1n) is 8.82. The quantitative estimate of drug-likeness (QED) is 0.572. The Hall–Kier alpha value is -3.80. The fourth-order valence-electron chi connectivity index (χ4n) is 2.43. The fourth-order valence-corrected chi connectivity index (χ4v) is 2.43. The minimum Gasteiger partial charge on any atom is -0.462 e. The highest BCUT2D eigenvalue weighted by atomic mass is 16.5. The summed E-state index contributed by atoms with van der Waals surface area (Å²) in [5, 5.41) is 5.45. The summed E-state index contributed by atoms with van der Waals surface area (Å²) in [5.41, 5.74) is 1.62. The predicted molar refractivity (Wildman–Crippen MR) is 108 cm³/mol. The van der Waals surface area contributed by atoms with Crippen molar-refractivity contribution in [1.29, 1.82) is 0 Å². The average molecular weight is 376 g/mol. The van der Waals surface area contributed by atoms with E-state index in [0.29, 0.717) is 29.3 Å². The molecule has 2 amide bonds. The van der Waals surface area contributed by atoms with Gasteiger partial charge in [0.2, 0.25) is 0 Å².